The molecule has 8 fully saturated rings. The molecule has 0 aromatic rings. The Hall–Kier alpha value is -5.10. The third-order valence-electron chi connectivity index (χ3n) is 14.1. The van der Waals surface area contributed by atoms with E-state index in [0.717, 1.165) is 90.1 Å². The highest BCUT2D eigenvalue weighted by Gasteiger charge is 2.44. The van der Waals surface area contributed by atoms with Crippen LogP contribution in [0.25, 0.3) is 0 Å². The highest BCUT2D eigenvalue weighted by atomic mass is 32.1. The van der Waals surface area contributed by atoms with Crippen molar-refractivity contribution in [3.05, 3.63) is 87.3 Å². The van der Waals surface area contributed by atoms with Gasteiger partial charge in [0.1, 0.15) is 17.3 Å². The highest BCUT2D eigenvalue weighted by molar-refractivity contribution is 7.79. The molecular weight excluding hydrogens is 1300 g/mol. The van der Waals surface area contributed by atoms with E-state index in [1.165, 1.54) is 97.1 Å². The van der Waals surface area contributed by atoms with Crippen molar-refractivity contribution < 1.29 is 113 Å². The summed E-state index contributed by atoms with van der Waals surface area (Å²) in [4.78, 5) is 62.1. The average Bonchev–Trinajstić information content (AvgIpc) is 1.76. The zero-order valence-corrected chi connectivity index (χ0v) is 64.3. The maximum absolute atomic E-state index is 11.5. The van der Waals surface area contributed by atoms with Crippen molar-refractivity contribution in [1.82, 2.24) is 4.90 Å². The van der Waals surface area contributed by atoms with Gasteiger partial charge in [-0.2, -0.15) is 25.8 Å². The molecule has 0 bridgehead atoms. The van der Waals surface area contributed by atoms with E-state index < -0.39 is 23.7 Å². The first-order valence-electron chi connectivity index (χ1n) is 32.4. The Bertz CT molecular complexity index is 2170. The van der Waals surface area contributed by atoms with Crippen LogP contribution >= 0.6 is 12.6 Å². The van der Waals surface area contributed by atoms with Crippen LogP contribution in [-0.2, 0) is 99.8 Å². The Kier molecular flexibility index (Phi) is 65.5. The minimum atomic E-state index is -4.69. The van der Waals surface area contributed by atoms with Gasteiger partial charge in [0.2, 0.25) is 0 Å². The zero-order chi connectivity index (χ0) is 77.2. The van der Waals surface area contributed by atoms with E-state index >= 15 is 0 Å². The smallest absolute Gasteiger partial charge is 0.422 e. The van der Waals surface area contributed by atoms with E-state index in [1.54, 1.807) is 54.8 Å². The quantitative estimate of drug-likeness (QED) is 0.0184. The normalized spacial score (nSPS) is 22.1. The number of alkyl halides is 3. The predicted octanol–water partition coefficient (Wildman–Crippen LogP) is 12.5. The Morgan fingerprint density at radius 1 is 0.704 bits per heavy atom. The largest absolute Gasteiger partial charge is 0.505 e. The summed E-state index contributed by atoms with van der Waals surface area (Å²) in [5.74, 6) is -1.80. The molecule has 22 nitrogen and oxygen atoms in total. The molecule has 9 rings (SSSR count). The highest BCUT2D eigenvalue weighted by Crippen LogP contribution is 2.39. The number of methoxy groups -OCH3 is 8. The van der Waals surface area contributed by atoms with Gasteiger partial charge in [-0.15, -0.1) is 6.58 Å². The fourth-order valence-corrected chi connectivity index (χ4v) is 7.13. The molecule has 0 aromatic carbocycles. The van der Waals surface area contributed by atoms with Gasteiger partial charge >= 0.3 is 24.1 Å². The van der Waals surface area contributed by atoms with Gasteiger partial charge in [0.25, 0.3) is 11.8 Å². The summed E-state index contributed by atoms with van der Waals surface area (Å²) < 4.78 is 106. The minimum absolute atomic E-state index is 0.0781. The summed E-state index contributed by atoms with van der Waals surface area (Å²) in [5, 5.41) is 0. The molecule has 1 saturated carbocycles. The summed E-state index contributed by atoms with van der Waals surface area (Å²) in [6.45, 7) is 51.6. The Morgan fingerprint density at radius 2 is 1.17 bits per heavy atom. The van der Waals surface area contributed by atoms with Crippen molar-refractivity contribution in [2.45, 2.75) is 182 Å². The van der Waals surface area contributed by atoms with Crippen LogP contribution in [0.2, 0.25) is 0 Å². The Morgan fingerprint density at radius 3 is 1.31 bits per heavy atom. The van der Waals surface area contributed by atoms with E-state index in [4.69, 9.17) is 47.4 Å². The molecule has 8 heterocycles. The number of ether oxygens (including phenoxy) is 15. The molecule has 0 aromatic heterocycles. The second kappa shape index (κ2) is 61.7. The van der Waals surface area contributed by atoms with Crippen molar-refractivity contribution in [2.24, 2.45) is 16.7 Å². The maximum Gasteiger partial charge on any atom is 0.422 e. The van der Waals surface area contributed by atoms with Crippen LogP contribution in [0, 0.1) is 16.7 Å². The van der Waals surface area contributed by atoms with Gasteiger partial charge in [0.15, 0.2) is 5.78 Å². The number of hydrogen-bond donors (Lipinski definition) is 1. The number of carbonyl (C=O) groups is 6. The zero-order valence-electron chi connectivity index (χ0n) is 63.4. The average molecular weight is 1430 g/mol. The van der Waals surface area contributed by atoms with Crippen LogP contribution in [0.5, 0.6) is 0 Å². The lowest BCUT2D eigenvalue weighted by atomic mass is 9.79. The van der Waals surface area contributed by atoms with Crippen LogP contribution in [-0.4, -0.2) is 231 Å². The van der Waals surface area contributed by atoms with Crippen LogP contribution in [0.1, 0.15) is 134 Å². The van der Waals surface area contributed by atoms with Crippen LogP contribution in [0.3, 0.4) is 0 Å². The summed E-state index contributed by atoms with van der Waals surface area (Å²) in [7, 11) is 13.3. The van der Waals surface area contributed by atoms with Gasteiger partial charge in [-0.3, -0.25) is 19.3 Å². The standard InChI is InChI=1S/C8H14O2.C8H16O.C7H14O.C5H5F3O2.C5H5NO2.C5H10O2.C5H8O2.C5H10O.C5H8O.C4H8O2.C4H6O2.C4H8O.2C3H6O.CH4S/c1-9-5-6-2-3-7-8(4-6)10-7;1-3-5-8(4-2)6-9-7-8;1-3-4-7(2)5-8-6-7;1-3(4(9)10-2)5(6,7)8;1-6-4(7)2-3-5(6)8;1-5(3-6-2)4-7-5;1-4(2)5(6)7-3;1-4-5(2,3)6-4;1-3-5(6)4-2;1-5-2-4-3-6-4;1-3-4(5)6-2;1-3-4-5-2;1-3-2-4-3;1-3-4-2;1-2/h6-8H,2-5H2,1H3;3-7H2,1-2H3;3-6H2,1-2H3;1H2,2H3;2-3H,1H3;3-4H2,1-2H3;1H2,2-3H3;4H,1-3H3;3H,1,4H2,2H3;4H,2-3H2,1H3;3H,1H2,2H3;3H,1,4H2,2H3;3H,2H2,1H3;3H,1H2,2H3;2H,1H3. The van der Waals surface area contributed by atoms with Crippen LogP contribution in [0.15, 0.2) is 87.3 Å². The number of hydrogen-bond acceptors (Lipinski definition) is 22. The van der Waals surface area contributed by atoms with Gasteiger partial charge in [-0.05, 0) is 98.3 Å². The summed E-state index contributed by atoms with van der Waals surface area (Å²) in [6, 6.07) is 0. The van der Waals surface area contributed by atoms with E-state index in [-0.39, 0.29) is 34.8 Å². The third-order valence-corrected chi connectivity index (χ3v) is 14.1. The number of thiol groups is 1. The molecule has 7 saturated heterocycles. The summed E-state index contributed by atoms with van der Waals surface area (Å²) >= 11 is 3.53. The van der Waals surface area contributed by atoms with E-state index in [1.807, 2.05) is 13.8 Å². The number of fused-ring (bicyclic) bond motifs is 1. The van der Waals surface area contributed by atoms with Gasteiger partial charge in [0, 0.05) is 83.1 Å². The van der Waals surface area contributed by atoms with Gasteiger partial charge < -0.3 is 71.1 Å². The molecule has 8 aliphatic heterocycles. The van der Waals surface area contributed by atoms with Crippen molar-refractivity contribution in [3.8, 4) is 0 Å². The number of rotatable bonds is 19. The second-order valence-corrected chi connectivity index (χ2v) is 23.8. The van der Waals surface area contributed by atoms with Crippen LogP contribution in [0.4, 0.5) is 13.2 Å². The van der Waals surface area contributed by atoms with Crippen molar-refractivity contribution >= 4 is 48.1 Å². The molecule has 7 atom stereocenters. The van der Waals surface area contributed by atoms with Crippen molar-refractivity contribution in [2.75, 3.05) is 143 Å². The van der Waals surface area contributed by atoms with E-state index in [9.17, 15) is 41.9 Å². The SMILES string of the molecule is C=C(C(=O)OC)C(F)(F)F.C=C(C)C(=O)OC.C=CC(=O)CC.C=CC(=O)OC.C=CCOC.C=COC.CC1CO1.CC1OC1(C)C.CCCC1(C)COC1.CCCC1(CC)COC1.CN1C(=O)C=CC1=O.COCC1(C)CO1.COCC1CCC2OC2C1.COCC1CO1.CS. The number of esters is 3. The molecule has 98 heavy (non-hydrogen) atoms. The van der Waals surface area contributed by atoms with Crippen molar-refractivity contribution in [3.63, 3.8) is 0 Å². The number of nitrogens with zero attached hydrogens (tertiary/aromatic N) is 1. The number of carbonyl (C=O) groups excluding carboxylic acids is 6. The van der Waals surface area contributed by atoms with Gasteiger partial charge in [-0.1, -0.05) is 86.4 Å². The number of epoxide rings is 5. The van der Waals surface area contributed by atoms with Crippen LogP contribution < -0.4 is 0 Å². The lowest BCUT2D eigenvalue weighted by Gasteiger charge is -2.40. The van der Waals surface area contributed by atoms with E-state index in [0.29, 0.717) is 60.0 Å². The Balaban J connectivity index is -0.000000234. The molecular formula is C72H128F3NO21S. The topological polar surface area (TPSA) is 261 Å². The lowest BCUT2D eigenvalue weighted by molar-refractivity contribution is -0.148. The first-order chi connectivity index (χ1) is 45.9. The number of allylic oxidation sites excluding steroid dienone is 1. The fraction of sp³-hybridized carbons (Fsp3) is 0.722. The monoisotopic (exact) mass is 1430 g/mol. The second-order valence-electron chi connectivity index (χ2n) is 23.8. The molecule has 26 heteroatoms. The number of halogens is 3. The first kappa shape index (κ1) is 104. The number of imide groups is 1. The molecule has 7 unspecified atom stereocenters. The predicted molar refractivity (Wildman–Crippen MR) is 381 cm³/mol. The minimum Gasteiger partial charge on any atom is -0.505 e. The first-order valence-corrected chi connectivity index (χ1v) is 33.3. The Labute approximate surface area is 592 Å². The molecule has 0 radical (unpaired) electrons. The number of ketones is 1. The van der Waals surface area contributed by atoms with E-state index in [2.05, 4.69) is 131 Å². The fourth-order valence-electron chi connectivity index (χ4n) is 7.13. The molecule has 0 spiro atoms. The molecule has 9 aliphatic rings. The maximum atomic E-state index is 11.5. The summed E-state index contributed by atoms with van der Waals surface area (Å²) in [6.07, 6.45) is 18.7. The number of likely N-dealkylation sites (N-methyl/N-ethyl adjacent to an activating group) is 1. The third kappa shape index (κ3) is 61.9. The molecule has 0 N–H and O–H groups in total. The lowest BCUT2D eigenvalue weighted by Crippen LogP contribution is -2.41. The van der Waals surface area contributed by atoms with Crippen molar-refractivity contribution in [1.29, 1.82) is 0 Å². The van der Waals surface area contributed by atoms with Gasteiger partial charge in [-0.25, -0.2) is 14.4 Å². The number of amides is 2. The van der Waals surface area contributed by atoms with Gasteiger partial charge in [0.05, 0.1) is 131 Å². The molecule has 1 aliphatic carbocycles. The molecule has 2 amide bonds. The molecule has 574 valence electrons. The summed E-state index contributed by atoms with van der Waals surface area (Å²) in [5.41, 5.74) is 0.371.